The molecule has 1 aromatic carbocycles. The van der Waals surface area contributed by atoms with E-state index in [0.29, 0.717) is 5.92 Å². The summed E-state index contributed by atoms with van der Waals surface area (Å²) in [6, 6.07) is 6.03. The van der Waals surface area contributed by atoms with E-state index >= 15 is 0 Å². The van der Waals surface area contributed by atoms with Crippen molar-refractivity contribution in [1.29, 1.82) is 0 Å². The first-order valence-electron chi connectivity index (χ1n) is 4.13. The van der Waals surface area contributed by atoms with Crippen LogP contribution in [-0.4, -0.2) is 18.8 Å². The molecule has 12 heavy (non-hydrogen) atoms. The second-order valence-corrected chi connectivity index (χ2v) is 3.15. The Bertz CT molecular complexity index is 294. The minimum atomic E-state index is 0.263. The van der Waals surface area contributed by atoms with Crippen molar-refractivity contribution < 1.29 is 9.84 Å². The van der Waals surface area contributed by atoms with Gasteiger partial charge in [0.1, 0.15) is 5.75 Å². The van der Waals surface area contributed by atoms with E-state index in [-0.39, 0.29) is 6.61 Å². The van der Waals surface area contributed by atoms with E-state index in [0.717, 1.165) is 12.2 Å². The minimum Gasteiger partial charge on any atom is -0.497 e. The Hall–Kier alpha value is -1.02. The lowest BCUT2D eigenvalue weighted by Crippen LogP contribution is -2.20. The Labute approximate surface area is 71.8 Å². The lowest BCUT2D eigenvalue weighted by molar-refractivity contribution is 0.252. The van der Waals surface area contributed by atoms with Gasteiger partial charge in [-0.15, -0.1) is 0 Å². The maximum absolute atomic E-state index is 8.93. The summed E-state index contributed by atoms with van der Waals surface area (Å²) in [5.41, 5.74) is 2.59. The molecule has 1 atom stereocenters. The van der Waals surface area contributed by atoms with Crippen molar-refractivity contribution in [1.82, 2.24) is 0 Å². The standard InChI is InChI=1S/C10H12O2/c1-12-9-2-3-10-7(5-9)4-8(10)6-11/h2-3,5,8,11H,4,6H2,1H3/t8-/m0/s1. The maximum Gasteiger partial charge on any atom is 0.119 e. The summed E-state index contributed by atoms with van der Waals surface area (Å²) in [5.74, 6) is 1.27. The van der Waals surface area contributed by atoms with Crippen LogP contribution in [0.2, 0.25) is 0 Å². The highest BCUT2D eigenvalue weighted by atomic mass is 16.5. The van der Waals surface area contributed by atoms with Crippen LogP contribution in [0.5, 0.6) is 5.75 Å². The largest absolute Gasteiger partial charge is 0.497 e. The molecular formula is C10H12O2. The van der Waals surface area contributed by atoms with E-state index in [4.69, 9.17) is 9.84 Å². The fourth-order valence-corrected chi connectivity index (χ4v) is 1.69. The Morgan fingerprint density at radius 3 is 3.00 bits per heavy atom. The zero-order valence-corrected chi connectivity index (χ0v) is 7.08. The first kappa shape index (κ1) is 7.62. The number of fused-ring (bicyclic) bond motifs is 1. The molecule has 0 aliphatic heterocycles. The van der Waals surface area contributed by atoms with Gasteiger partial charge in [-0.3, -0.25) is 0 Å². The third-order valence-corrected chi connectivity index (χ3v) is 2.48. The molecule has 0 radical (unpaired) electrons. The van der Waals surface area contributed by atoms with E-state index in [1.165, 1.54) is 11.1 Å². The molecule has 2 nitrogen and oxygen atoms in total. The summed E-state index contributed by atoms with van der Waals surface area (Å²) < 4.78 is 5.09. The monoisotopic (exact) mass is 164 g/mol. The number of hydrogen-bond donors (Lipinski definition) is 1. The van der Waals surface area contributed by atoms with Crippen LogP contribution >= 0.6 is 0 Å². The van der Waals surface area contributed by atoms with Gasteiger partial charge in [0.25, 0.3) is 0 Å². The molecule has 0 fully saturated rings. The summed E-state index contributed by atoms with van der Waals surface area (Å²) in [6.45, 7) is 0.263. The molecule has 1 aliphatic rings. The third-order valence-electron chi connectivity index (χ3n) is 2.48. The highest BCUT2D eigenvalue weighted by Gasteiger charge is 2.25. The fraction of sp³-hybridized carbons (Fsp3) is 0.400. The van der Waals surface area contributed by atoms with Crippen molar-refractivity contribution in [2.45, 2.75) is 12.3 Å². The average molecular weight is 164 g/mol. The number of rotatable bonds is 2. The summed E-state index contributed by atoms with van der Waals surface area (Å²) in [7, 11) is 1.67. The zero-order valence-electron chi connectivity index (χ0n) is 7.08. The van der Waals surface area contributed by atoms with Crippen LogP contribution in [-0.2, 0) is 6.42 Å². The number of aliphatic hydroxyl groups is 1. The molecule has 2 rings (SSSR count). The number of hydrogen-bond acceptors (Lipinski definition) is 2. The molecule has 0 saturated heterocycles. The second kappa shape index (κ2) is 2.79. The predicted octanol–water partition coefficient (Wildman–Crippen LogP) is 1.33. The molecule has 64 valence electrons. The number of methoxy groups -OCH3 is 1. The summed E-state index contributed by atoms with van der Waals surface area (Å²) in [5, 5.41) is 8.93. The van der Waals surface area contributed by atoms with Gasteiger partial charge in [-0.2, -0.15) is 0 Å². The van der Waals surface area contributed by atoms with E-state index < -0.39 is 0 Å². The number of benzene rings is 1. The molecule has 1 aromatic rings. The first-order valence-corrected chi connectivity index (χ1v) is 4.13. The summed E-state index contributed by atoms with van der Waals surface area (Å²) in [4.78, 5) is 0. The molecule has 2 heteroatoms. The van der Waals surface area contributed by atoms with E-state index in [9.17, 15) is 0 Å². The SMILES string of the molecule is COc1ccc2c(c1)C[C@H]2CO. The van der Waals surface area contributed by atoms with Crippen LogP contribution in [0.4, 0.5) is 0 Å². The number of ether oxygens (including phenoxy) is 1. The highest BCUT2D eigenvalue weighted by Crippen LogP contribution is 2.36. The topological polar surface area (TPSA) is 29.5 Å². The Morgan fingerprint density at radius 1 is 1.58 bits per heavy atom. The van der Waals surface area contributed by atoms with Crippen LogP contribution in [0.15, 0.2) is 18.2 Å². The maximum atomic E-state index is 8.93. The van der Waals surface area contributed by atoms with Crippen LogP contribution in [0, 0.1) is 0 Å². The number of aliphatic hydroxyl groups excluding tert-OH is 1. The van der Waals surface area contributed by atoms with Crippen molar-refractivity contribution in [3.63, 3.8) is 0 Å². The van der Waals surface area contributed by atoms with Crippen LogP contribution in [0.3, 0.4) is 0 Å². The lowest BCUT2D eigenvalue weighted by Gasteiger charge is -2.28. The van der Waals surface area contributed by atoms with Crippen molar-refractivity contribution in [3.8, 4) is 5.75 Å². The molecule has 0 saturated carbocycles. The third kappa shape index (κ3) is 0.994. The van der Waals surface area contributed by atoms with Crippen molar-refractivity contribution >= 4 is 0 Å². The van der Waals surface area contributed by atoms with Gasteiger partial charge >= 0.3 is 0 Å². The predicted molar refractivity (Wildman–Crippen MR) is 46.5 cm³/mol. The molecule has 1 N–H and O–H groups in total. The van der Waals surface area contributed by atoms with Crippen LogP contribution in [0.25, 0.3) is 0 Å². The zero-order chi connectivity index (χ0) is 8.55. The molecular weight excluding hydrogens is 152 g/mol. The van der Waals surface area contributed by atoms with Gasteiger partial charge < -0.3 is 9.84 Å². The van der Waals surface area contributed by atoms with E-state index in [1.54, 1.807) is 7.11 Å². The molecule has 0 heterocycles. The molecule has 0 bridgehead atoms. The fourth-order valence-electron chi connectivity index (χ4n) is 1.69. The van der Waals surface area contributed by atoms with Crippen molar-refractivity contribution in [2.75, 3.05) is 13.7 Å². The van der Waals surface area contributed by atoms with Gasteiger partial charge in [-0.1, -0.05) is 6.07 Å². The highest BCUT2D eigenvalue weighted by molar-refractivity contribution is 5.44. The summed E-state index contributed by atoms with van der Waals surface area (Å²) >= 11 is 0. The average Bonchev–Trinajstić information content (AvgIpc) is 2.07. The molecule has 0 unspecified atom stereocenters. The van der Waals surface area contributed by atoms with Gasteiger partial charge in [0.05, 0.1) is 13.7 Å². The van der Waals surface area contributed by atoms with Gasteiger partial charge in [0.15, 0.2) is 0 Å². The van der Waals surface area contributed by atoms with Gasteiger partial charge in [0, 0.05) is 5.92 Å². The van der Waals surface area contributed by atoms with Crippen molar-refractivity contribution in [2.24, 2.45) is 0 Å². The van der Waals surface area contributed by atoms with Gasteiger partial charge in [-0.25, -0.2) is 0 Å². The van der Waals surface area contributed by atoms with E-state index in [1.807, 2.05) is 18.2 Å². The smallest absolute Gasteiger partial charge is 0.119 e. The second-order valence-electron chi connectivity index (χ2n) is 3.15. The Morgan fingerprint density at radius 2 is 2.42 bits per heavy atom. The Balaban J connectivity index is 2.28. The molecule has 0 amide bonds. The van der Waals surface area contributed by atoms with Crippen LogP contribution in [0.1, 0.15) is 17.0 Å². The molecule has 0 spiro atoms. The van der Waals surface area contributed by atoms with Gasteiger partial charge in [-0.05, 0) is 29.7 Å². The minimum absolute atomic E-state index is 0.263. The summed E-state index contributed by atoms with van der Waals surface area (Å²) in [6.07, 6.45) is 0.989. The molecule has 0 aromatic heterocycles. The molecule has 1 aliphatic carbocycles. The van der Waals surface area contributed by atoms with Gasteiger partial charge in [0.2, 0.25) is 0 Å². The van der Waals surface area contributed by atoms with Crippen LogP contribution < -0.4 is 4.74 Å². The quantitative estimate of drug-likeness (QED) is 0.714. The first-order chi connectivity index (χ1) is 5.85. The van der Waals surface area contributed by atoms with E-state index in [2.05, 4.69) is 0 Å². The Kier molecular flexibility index (Phi) is 1.77. The van der Waals surface area contributed by atoms with Crippen molar-refractivity contribution in [3.05, 3.63) is 29.3 Å². The lowest BCUT2D eigenvalue weighted by atomic mass is 9.78. The normalized spacial score (nSPS) is 19.7.